The first-order valence-electron chi connectivity index (χ1n) is 5.10. The van der Waals surface area contributed by atoms with E-state index in [0.29, 0.717) is 10.8 Å². The van der Waals surface area contributed by atoms with Gasteiger partial charge in [0.15, 0.2) is 0 Å². The van der Waals surface area contributed by atoms with E-state index in [1.807, 2.05) is 0 Å². The number of carboxylic acid groups (broad SMARTS) is 1. The van der Waals surface area contributed by atoms with E-state index >= 15 is 0 Å². The zero-order chi connectivity index (χ0) is 12.8. The largest absolute Gasteiger partial charge is 0.481 e. The van der Waals surface area contributed by atoms with Crippen LogP contribution < -0.4 is 5.32 Å². The van der Waals surface area contributed by atoms with Crippen LogP contribution in [0.3, 0.4) is 0 Å². The molecular formula is C11H13ClN2O3. The van der Waals surface area contributed by atoms with Crippen molar-refractivity contribution in [3.8, 4) is 0 Å². The first-order valence-corrected chi connectivity index (χ1v) is 5.48. The maximum absolute atomic E-state index is 11.5. The number of hydrogen-bond donors (Lipinski definition) is 2. The second-order valence-electron chi connectivity index (χ2n) is 3.82. The highest BCUT2D eigenvalue weighted by Crippen LogP contribution is 2.14. The molecule has 0 radical (unpaired) electrons. The van der Waals surface area contributed by atoms with E-state index in [1.54, 1.807) is 13.0 Å². The highest BCUT2D eigenvalue weighted by atomic mass is 35.5. The van der Waals surface area contributed by atoms with Gasteiger partial charge >= 0.3 is 5.97 Å². The van der Waals surface area contributed by atoms with Crippen molar-refractivity contribution in [1.82, 2.24) is 4.98 Å². The summed E-state index contributed by atoms with van der Waals surface area (Å²) in [5.74, 6) is -1.34. The number of anilines is 1. The summed E-state index contributed by atoms with van der Waals surface area (Å²) in [6.45, 7) is 1.72. The summed E-state index contributed by atoms with van der Waals surface area (Å²) in [5, 5.41) is 11.5. The van der Waals surface area contributed by atoms with Gasteiger partial charge in [-0.25, -0.2) is 4.98 Å². The summed E-state index contributed by atoms with van der Waals surface area (Å²) < 4.78 is 0. The number of hydrogen-bond acceptors (Lipinski definition) is 3. The van der Waals surface area contributed by atoms with Crippen LogP contribution in [0.4, 0.5) is 5.69 Å². The Morgan fingerprint density at radius 2 is 2.24 bits per heavy atom. The number of rotatable bonds is 5. The van der Waals surface area contributed by atoms with Crippen molar-refractivity contribution in [3.63, 3.8) is 0 Å². The van der Waals surface area contributed by atoms with Crippen molar-refractivity contribution in [3.05, 3.63) is 23.5 Å². The number of nitrogens with zero attached hydrogens (tertiary/aromatic N) is 1. The molecule has 0 fully saturated rings. The summed E-state index contributed by atoms with van der Waals surface area (Å²) in [6, 6.07) is 3.15. The lowest BCUT2D eigenvalue weighted by atomic mass is 10.0. The van der Waals surface area contributed by atoms with Crippen molar-refractivity contribution >= 4 is 29.2 Å². The number of carbonyl (C=O) groups excluding carboxylic acids is 1. The zero-order valence-corrected chi connectivity index (χ0v) is 10.1. The number of pyridine rings is 1. The molecule has 17 heavy (non-hydrogen) atoms. The van der Waals surface area contributed by atoms with Crippen molar-refractivity contribution in [2.75, 3.05) is 5.32 Å². The van der Waals surface area contributed by atoms with E-state index in [2.05, 4.69) is 10.3 Å². The van der Waals surface area contributed by atoms with Crippen LogP contribution in [0.25, 0.3) is 0 Å². The minimum atomic E-state index is -0.905. The molecular weight excluding hydrogens is 244 g/mol. The third-order valence-electron chi connectivity index (χ3n) is 2.07. The van der Waals surface area contributed by atoms with Crippen LogP contribution in [-0.2, 0) is 9.59 Å². The Morgan fingerprint density at radius 1 is 1.53 bits per heavy atom. The van der Waals surface area contributed by atoms with E-state index in [9.17, 15) is 9.59 Å². The van der Waals surface area contributed by atoms with Crippen LogP contribution in [0, 0.1) is 5.92 Å². The van der Waals surface area contributed by atoms with Gasteiger partial charge in [-0.05, 0) is 18.1 Å². The Bertz CT molecular complexity index is 423. The maximum atomic E-state index is 11.5. The van der Waals surface area contributed by atoms with E-state index in [1.165, 1.54) is 12.3 Å². The second kappa shape index (κ2) is 6.20. The van der Waals surface area contributed by atoms with Crippen molar-refractivity contribution in [2.24, 2.45) is 5.92 Å². The first-order chi connectivity index (χ1) is 7.97. The molecule has 1 aromatic heterocycles. The average molecular weight is 257 g/mol. The lowest BCUT2D eigenvalue weighted by molar-refractivity contribution is -0.138. The molecule has 0 bridgehead atoms. The third-order valence-corrected chi connectivity index (χ3v) is 2.27. The van der Waals surface area contributed by atoms with Crippen LogP contribution in [-0.4, -0.2) is 22.0 Å². The van der Waals surface area contributed by atoms with Gasteiger partial charge in [-0.3, -0.25) is 9.59 Å². The number of carboxylic acids is 1. The molecule has 0 aliphatic heterocycles. The first kappa shape index (κ1) is 13.4. The third kappa shape index (κ3) is 5.31. The number of halogens is 1. The van der Waals surface area contributed by atoms with Crippen LogP contribution >= 0.6 is 11.6 Å². The van der Waals surface area contributed by atoms with Crippen LogP contribution in [0.5, 0.6) is 0 Å². The summed E-state index contributed by atoms with van der Waals surface area (Å²) in [6.07, 6.45) is 1.62. The van der Waals surface area contributed by atoms with Gasteiger partial charge in [0.1, 0.15) is 5.15 Å². The molecule has 1 heterocycles. The van der Waals surface area contributed by atoms with Crippen molar-refractivity contribution in [1.29, 1.82) is 0 Å². The molecule has 0 saturated heterocycles. The fourth-order valence-electron chi connectivity index (χ4n) is 1.38. The summed E-state index contributed by atoms with van der Waals surface area (Å²) in [5.41, 5.74) is 0.553. The van der Waals surface area contributed by atoms with E-state index in [0.717, 1.165) is 0 Å². The molecule has 0 aliphatic carbocycles. The standard InChI is InChI=1S/C11H13ClN2O3/c1-7(5-11(16)17)4-10(15)14-8-2-3-13-9(12)6-8/h2-3,6-7H,4-5H2,1H3,(H,16,17)(H,13,14,15). The lowest BCUT2D eigenvalue weighted by Gasteiger charge is -2.09. The van der Waals surface area contributed by atoms with Gasteiger partial charge in [0.05, 0.1) is 0 Å². The average Bonchev–Trinajstić information content (AvgIpc) is 2.14. The van der Waals surface area contributed by atoms with Gasteiger partial charge in [0.2, 0.25) is 5.91 Å². The van der Waals surface area contributed by atoms with Gasteiger partial charge in [-0.15, -0.1) is 0 Å². The van der Waals surface area contributed by atoms with E-state index < -0.39 is 5.97 Å². The van der Waals surface area contributed by atoms with Gasteiger partial charge in [0, 0.05) is 24.7 Å². The fourth-order valence-corrected chi connectivity index (χ4v) is 1.55. The normalized spacial score (nSPS) is 11.9. The quantitative estimate of drug-likeness (QED) is 0.792. The minimum absolute atomic E-state index is 0.0233. The Labute approximate surface area is 104 Å². The number of nitrogens with one attached hydrogen (secondary N) is 1. The van der Waals surface area contributed by atoms with Gasteiger partial charge < -0.3 is 10.4 Å². The topological polar surface area (TPSA) is 79.3 Å². The molecule has 5 nitrogen and oxygen atoms in total. The zero-order valence-electron chi connectivity index (χ0n) is 9.31. The Hall–Kier alpha value is -1.62. The summed E-state index contributed by atoms with van der Waals surface area (Å²) in [7, 11) is 0. The molecule has 92 valence electrons. The van der Waals surface area contributed by atoms with Crippen LogP contribution in [0.15, 0.2) is 18.3 Å². The second-order valence-corrected chi connectivity index (χ2v) is 4.21. The molecule has 0 spiro atoms. The van der Waals surface area contributed by atoms with Crippen LogP contribution in [0.1, 0.15) is 19.8 Å². The molecule has 1 aromatic rings. The van der Waals surface area contributed by atoms with Gasteiger partial charge in [0.25, 0.3) is 0 Å². The maximum Gasteiger partial charge on any atom is 0.303 e. The Kier molecular flexibility index (Phi) is 4.90. The highest BCUT2D eigenvalue weighted by molar-refractivity contribution is 6.29. The monoisotopic (exact) mass is 256 g/mol. The SMILES string of the molecule is CC(CC(=O)O)CC(=O)Nc1ccnc(Cl)c1. The smallest absolute Gasteiger partial charge is 0.303 e. The Morgan fingerprint density at radius 3 is 2.82 bits per heavy atom. The predicted octanol–water partition coefficient (Wildman–Crippen LogP) is 2.17. The lowest BCUT2D eigenvalue weighted by Crippen LogP contribution is -2.16. The number of aliphatic carboxylic acids is 1. The fraction of sp³-hybridized carbons (Fsp3) is 0.364. The molecule has 2 N–H and O–H groups in total. The minimum Gasteiger partial charge on any atom is -0.481 e. The number of carbonyl (C=O) groups is 2. The molecule has 1 unspecified atom stereocenters. The summed E-state index contributed by atoms with van der Waals surface area (Å²) >= 11 is 5.66. The van der Waals surface area contributed by atoms with Crippen LogP contribution in [0.2, 0.25) is 5.15 Å². The molecule has 1 atom stereocenters. The van der Waals surface area contributed by atoms with Crippen molar-refractivity contribution < 1.29 is 14.7 Å². The number of amides is 1. The molecule has 6 heteroatoms. The van der Waals surface area contributed by atoms with Crippen molar-refractivity contribution in [2.45, 2.75) is 19.8 Å². The van der Waals surface area contributed by atoms with Gasteiger partial charge in [-0.1, -0.05) is 18.5 Å². The van der Waals surface area contributed by atoms with E-state index in [-0.39, 0.29) is 24.7 Å². The Balaban J connectivity index is 2.47. The van der Waals surface area contributed by atoms with E-state index in [4.69, 9.17) is 16.7 Å². The molecule has 1 rings (SSSR count). The highest BCUT2D eigenvalue weighted by Gasteiger charge is 2.12. The molecule has 1 amide bonds. The number of aromatic nitrogens is 1. The predicted molar refractivity (Wildman–Crippen MR) is 63.9 cm³/mol. The summed E-state index contributed by atoms with van der Waals surface area (Å²) in [4.78, 5) is 25.8. The van der Waals surface area contributed by atoms with Gasteiger partial charge in [-0.2, -0.15) is 0 Å². The molecule has 0 aromatic carbocycles. The molecule has 0 aliphatic rings. The molecule has 0 saturated carbocycles.